The third kappa shape index (κ3) is 3.40. The summed E-state index contributed by atoms with van der Waals surface area (Å²) in [5.41, 5.74) is 0. The number of rotatable bonds is 5. The Morgan fingerprint density at radius 1 is 1.36 bits per heavy atom. The zero-order chi connectivity index (χ0) is 7.94. The Hall–Kier alpha value is -0.530. The fraction of sp³-hybridized carbons (Fsp3) is 0.889. The van der Waals surface area contributed by atoms with E-state index in [9.17, 15) is 4.79 Å². The third-order valence-electron chi connectivity index (χ3n) is 2.46. The van der Waals surface area contributed by atoms with Crippen molar-refractivity contribution in [2.75, 3.05) is 6.54 Å². The molecule has 0 saturated heterocycles. The largest absolute Gasteiger partial charge is 0.348 e. The van der Waals surface area contributed by atoms with E-state index in [2.05, 4.69) is 5.32 Å². The van der Waals surface area contributed by atoms with E-state index in [1.807, 2.05) is 0 Å². The molecule has 1 amide bonds. The highest BCUT2D eigenvalue weighted by Gasteiger charge is 2.13. The van der Waals surface area contributed by atoms with Crippen LogP contribution in [0.15, 0.2) is 0 Å². The Morgan fingerprint density at radius 2 is 2.09 bits per heavy atom. The van der Waals surface area contributed by atoms with Crippen molar-refractivity contribution in [3.8, 4) is 0 Å². The second kappa shape index (κ2) is 5.16. The van der Waals surface area contributed by atoms with Gasteiger partial charge in [0.25, 0.3) is 0 Å². The van der Waals surface area contributed by atoms with Gasteiger partial charge in [-0.1, -0.05) is 25.7 Å². The average molecular weight is 154 g/mol. The van der Waals surface area contributed by atoms with E-state index < -0.39 is 0 Å². The van der Waals surface area contributed by atoms with Crippen LogP contribution in [0, 0.1) is 5.92 Å². The maximum atomic E-state index is 9.76. The van der Waals surface area contributed by atoms with Crippen molar-refractivity contribution < 1.29 is 4.79 Å². The SMILES string of the molecule is O=[C]NCCCC1CCCC1. The summed E-state index contributed by atoms with van der Waals surface area (Å²) in [6.45, 7) is 0.806. The lowest BCUT2D eigenvalue weighted by Gasteiger charge is -2.06. The summed E-state index contributed by atoms with van der Waals surface area (Å²) in [6, 6.07) is 0. The molecule has 0 atom stereocenters. The van der Waals surface area contributed by atoms with Gasteiger partial charge >= 0.3 is 6.41 Å². The van der Waals surface area contributed by atoms with Gasteiger partial charge in [0.05, 0.1) is 0 Å². The van der Waals surface area contributed by atoms with Gasteiger partial charge in [-0.2, -0.15) is 0 Å². The van der Waals surface area contributed by atoms with Gasteiger partial charge in [-0.05, 0) is 18.8 Å². The van der Waals surface area contributed by atoms with E-state index in [0.717, 1.165) is 18.9 Å². The Morgan fingerprint density at radius 3 is 2.73 bits per heavy atom. The van der Waals surface area contributed by atoms with E-state index in [1.165, 1.54) is 32.1 Å². The van der Waals surface area contributed by atoms with Crippen molar-refractivity contribution in [3.63, 3.8) is 0 Å². The molecular formula is C9H16NO. The maximum Gasteiger partial charge on any atom is 0.309 e. The lowest BCUT2D eigenvalue weighted by Crippen LogP contribution is -2.12. The summed E-state index contributed by atoms with van der Waals surface area (Å²) in [6.07, 6.45) is 9.75. The molecule has 11 heavy (non-hydrogen) atoms. The summed E-state index contributed by atoms with van der Waals surface area (Å²) in [4.78, 5) is 9.76. The summed E-state index contributed by atoms with van der Waals surface area (Å²) in [5.74, 6) is 0.948. The second-order valence-electron chi connectivity index (χ2n) is 3.32. The molecule has 0 bridgehead atoms. The molecule has 1 aliphatic carbocycles. The lowest BCUT2D eigenvalue weighted by molar-refractivity contribution is 0.477. The predicted octanol–water partition coefficient (Wildman–Crippen LogP) is 1.61. The third-order valence-corrected chi connectivity index (χ3v) is 2.46. The standard InChI is InChI=1S/C9H16NO/c11-8-10-7-3-6-9-4-1-2-5-9/h9H,1-7H2,(H,10,11). The van der Waals surface area contributed by atoms with Gasteiger partial charge in [-0.25, -0.2) is 0 Å². The molecule has 2 nitrogen and oxygen atoms in total. The Balaban J connectivity index is 1.89. The fourth-order valence-corrected chi connectivity index (χ4v) is 1.83. The minimum atomic E-state index is 0.806. The van der Waals surface area contributed by atoms with Crippen LogP contribution in [0.3, 0.4) is 0 Å². The van der Waals surface area contributed by atoms with Gasteiger partial charge in [0.2, 0.25) is 0 Å². The molecule has 0 aromatic carbocycles. The molecule has 2 heteroatoms. The molecule has 0 aromatic rings. The molecule has 0 aromatic heterocycles. The minimum absolute atomic E-state index is 0.806. The van der Waals surface area contributed by atoms with Crippen molar-refractivity contribution in [1.82, 2.24) is 5.32 Å². The number of amides is 1. The molecule has 1 aliphatic rings. The summed E-state index contributed by atoms with van der Waals surface area (Å²) in [5, 5.41) is 2.57. The molecule has 1 N–H and O–H groups in total. The van der Waals surface area contributed by atoms with Crippen LogP contribution in [0.5, 0.6) is 0 Å². The monoisotopic (exact) mass is 154 g/mol. The van der Waals surface area contributed by atoms with Crippen LogP contribution < -0.4 is 5.32 Å². The first kappa shape index (κ1) is 8.57. The molecule has 0 unspecified atom stereocenters. The molecular weight excluding hydrogens is 138 g/mol. The molecule has 1 rings (SSSR count). The number of nitrogens with one attached hydrogen (secondary N) is 1. The Bertz CT molecular complexity index is 108. The van der Waals surface area contributed by atoms with Crippen LogP contribution in [-0.2, 0) is 4.79 Å². The normalized spacial score (nSPS) is 18.5. The maximum absolute atomic E-state index is 9.76. The molecule has 1 radical (unpaired) electrons. The molecule has 1 saturated carbocycles. The topological polar surface area (TPSA) is 29.1 Å². The van der Waals surface area contributed by atoms with Gasteiger partial charge in [-0.15, -0.1) is 0 Å². The van der Waals surface area contributed by atoms with E-state index in [0.29, 0.717) is 0 Å². The van der Waals surface area contributed by atoms with Crippen LogP contribution in [-0.4, -0.2) is 13.0 Å². The van der Waals surface area contributed by atoms with Gasteiger partial charge in [0.15, 0.2) is 0 Å². The van der Waals surface area contributed by atoms with Gasteiger partial charge in [0.1, 0.15) is 0 Å². The van der Waals surface area contributed by atoms with Crippen LogP contribution in [0.25, 0.3) is 0 Å². The van der Waals surface area contributed by atoms with Crippen LogP contribution in [0.4, 0.5) is 0 Å². The molecule has 0 heterocycles. The first-order chi connectivity index (χ1) is 5.43. The van der Waals surface area contributed by atoms with Crippen molar-refractivity contribution in [2.24, 2.45) is 5.92 Å². The molecule has 0 aliphatic heterocycles. The predicted molar refractivity (Wildman–Crippen MR) is 44.9 cm³/mol. The highest BCUT2D eigenvalue weighted by Crippen LogP contribution is 2.28. The summed E-state index contributed by atoms with van der Waals surface area (Å²) >= 11 is 0. The van der Waals surface area contributed by atoms with Crippen molar-refractivity contribution >= 4 is 6.41 Å². The van der Waals surface area contributed by atoms with Gasteiger partial charge < -0.3 is 5.32 Å². The average Bonchev–Trinajstić information content (AvgIpc) is 2.50. The number of carbonyl (C=O) groups excluding carboxylic acids is 1. The van der Waals surface area contributed by atoms with Crippen LogP contribution in [0.1, 0.15) is 38.5 Å². The van der Waals surface area contributed by atoms with E-state index in [4.69, 9.17) is 0 Å². The molecule has 63 valence electrons. The second-order valence-corrected chi connectivity index (χ2v) is 3.32. The molecule has 1 fully saturated rings. The first-order valence-electron chi connectivity index (χ1n) is 4.53. The highest BCUT2D eigenvalue weighted by molar-refractivity contribution is 5.46. The van der Waals surface area contributed by atoms with Crippen LogP contribution in [0.2, 0.25) is 0 Å². The summed E-state index contributed by atoms with van der Waals surface area (Å²) < 4.78 is 0. The van der Waals surface area contributed by atoms with Crippen molar-refractivity contribution in [3.05, 3.63) is 0 Å². The zero-order valence-electron chi connectivity index (χ0n) is 6.94. The smallest absolute Gasteiger partial charge is 0.309 e. The number of hydrogen-bond acceptors (Lipinski definition) is 1. The van der Waals surface area contributed by atoms with Crippen molar-refractivity contribution in [2.45, 2.75) is 38.5 Å². The van der Waals surface area contributed by atoms with E-state index in [1.54, 1.807) is 6.41 Å². The van der Waals surface area contributed by atoms with Gasteiger partial charge in [0, 0.05) is 6.54 Å². The van der Waals surface area contributed by atoms with Gasteiger partial charge in [-0.3, -0.25) is 4.79 Å². The highest BCUT2D eigenvalue weighted by atomic mass is 16.1. The molecule has 0 spiro atoms. The van der Waals surface area contributed by atoms with Crippen LogP contribution >= 0.6 is 0 Å². The summed E-state index contributed by atoms with van der Waals surface area (Å²) in [7, 11) is 0. The zero-order valence-corrected chi connectivity index (χ0v) is 6.94. The quantitative estimate of drug-likeness (QED) is 0.473. The van der Waals surface area contributed by atoms with E-state index in [-0.39, 0.29) is 0 Å². The first-order valence-corrected chi connectivity index (χ1v) is 4.53. The minimum Gasteiger partial charge on any atom is -0.348 e. The Kier molecular flexibility index (Phi) is 4.02. The fourth-order valence-electron chi connectivity index (χ4n) is 1.83. The van der Waals surface area contributed by atoms with Crippen molar-refractivity contribution in [1.29, 1.82) is 0 Å². The Labute approximate surface area is 68.4 Å². The van der Waals surface area contributed by atoms with E-state index >= 15 is 0 Å². The lowest BCUT2D eigenvalue weighted by atomic mass is 10.0. The number of hydrogen-bond donors (Lipinski definition) is 1.